The van der Waals surface area contributed by atoms with E-state index in [0.29, 0.717) is 12.2 Å². The molecule has 1 aliphatic carbocycles. The van der Waals surface area contributed by atoms with Crippen LogP contribution in [0.1, 0.15) is 19.3 Å². The summed E-state index contributed by atoms with van der Waals surface area (Å²) in [6, 6.07) is 7.46. The first-order chi connectivity index (χ1) is 10.7. The average Bonchev–Trinajstić information content (AvgIpc) is 2.55. The van der Waals surface area contributed by atoms with E-state index >= 15 is 0 Å². The first-order valence-corrected chi connectivity index (χ1v) is 7.58. The van der Waals surface area contributed by atoms with Crippen molar-refractivity contribution in [3.63, 3.8) is 0 Å². The predicted molar refractivity (Wildman–Crippen MR) is 86.6 cm³/mol. The van der Waals surface area contributed by atoms with Crippen molar-refractivity contribution in [3.05, 3.63) is 61.0 Å². The Labute approximate surface area is 130 Å². The van der Waals surface area contributed by atoms with Gasteiger partial charge in [-0.1, -0.05) is 25.3 Å². The van der Waals surface area contributed by atoms with E-state index in [1.807, 2.05) is 29.2 Å². The molecule has 0 bridgehead atoms. The summed E-state index contributed by atoms with van der Waals surface area (Å²) in [7, 11) is 0. The predicted octanol–water partition coefficient (Wildman–Crippen LogP) is 2.74. The molecule has 3 unspecified atom stereocenters. The minimum absolute atomic E-state index is 0.211. The van der Waals surface area contributed by atoms with Crippen molar-refractivity contribution in [1.82, 2.24) is 0 Å². The summed E-state index contributed by atoms with van der Waals surface area (Å²) < 4.78 is 5.87. The summed E-state index contributed by atoms with van der Waals surface area (Å²) in [5.41, 5.74) is 1.65. The second-order valence-corrected chi connectivity index (χ2v) is 5.65. The van der Waals surface area contributed by atoms with Gasteiger partial charge < -0.3 is 19.8 Å². The summed E-state index contributed by atoms with van der Waals surface area (Å²) in [5.74, 6) is 1.33. The largest absolute Gasteiger partial charge is 0.453 e. The van der Waals surface area contributed by atoms with E-state index < -0.39 is 12.2 Å². The molecular formula is C18H21NO3. The van der Waals surface area contributed by atoms with Gasteiger partial charge in [0.05, 0.1) is 23.5 Å². The Bertz CT molecular complexity index is 623. The van der Waals surface area contributed by atoms with Crippen molar-refractivity contribution in [2.24, 2.45) is 0 Å². The van der Waals surface area contributed by atoms with Gasteiger partial charge in [-0.3, -0.25) is 0 Å². The molecular weight excluding hydrogens is 278 g/mol. The summed E-state index contributed by atoms with van der Waals surface area (Å²) in [6.45, 7) is 7.67. The Balaban J connectivity index is 2.11. The number of benzene rings is 1. The number of aliphatic hydroxyl groups excluding tert-OH is 2. The number of allylic oxidation sites excluding steroid dienone is 2. The van der Waals surface area contributed by atoms with Crippen LogP contribution in [0.25, 0.3) is 0 Å². The van der Waals surface area contributed by atoms with Crippen molar-refractivity contribution in [1.29, 1.82) is 0 Å². The summed E-state index contributed by atoms with van der Waals surface area (Å²) in [6.07, 6.45) is 4.15. The summed E-state index contributed by atoms with van der Waals surface area (Å²) in [4.78, 5) is 2.02. The number of nitrogens with zero attached hydrogens (tertiary/aromatic N) is 1. The molecule has 0 aromatic heterocycles. The van der Waals surface area contributed by atoms with E-state index in [1.165, 1.54) is 0 Å². The molecule has 4 nitrogen and oxygen atoms in total. The second kappa shape index (κ2) is 5.99. The lowest BCUT2D eigenvalue weighted by atomic mass is 9.88. The number of ether oxygens (including phenoxy) is 1. The number of hydrogen-bond donors (Lipinski definition) is 2. The third-order valence-corrected chi connectivity index (χ3v) is 4.36. The highest BCUT2D eigenvalue weighted by atomic mass is 16.5. The van der Waals surface area contributed by atoms with E-state index in [2.05, 4.69) is 13.2 Å². The number of anilines is 1. The van der Waals surface area contributed by atoms with Crippen LogP contribution in [-0.2, 0) is 0 Å². The molecule has 3 rings (SSSR count). The normalized spacial score (nSPS) is 27.9. The number of hydrogen-bond acceptors (Lipinski definition) is 4. The van der Waals surface area contributed by atoms with Crippen LogP contribution in [0.4, 0.5) is 5.69 Å². The molecule has 0 amide bonds. The fourth-order valence-electron chi connectivity index (χ4n) is 3.28. The molecule has 4 heteroatoms. The topological polar surface area (TPSA) is 52.9 Å². The zero-order valence-corrected chi connectivity index (χ0v) is 12.5. The van der Waals surface area contributed by atoms with Crippen LogP contribution < -0.4 is 9.64 Å². The van der Waals surface area contributed by atoms with E-state index in [1.54, 1.807) is 12.2 Å². The molecule has 0 radical (unpaired) electrons. The molecule has 1 aromatic rings. The fraction of sp³-hybridized carbons (Fsp3) is 0.333. The molecule has 0 spiro atoms. The standard InChI is InChI=1S/C18H21NO3/c1-3-12-16(4-2)22-17-11-6-5-8-13(17)19(12)14-9-7-10-15(20)18(14)21/h3-6,8,11,14-15,18,20-21H,1-2,7,9-10H2. The minimum atomic E-state index is -0.805. The van der Waals surface area contributed by atoms with Crippen LogP contribution in [0.15, 0.2) is 61.0 Å². The molecule has 1 aliphatic heterocycles. The maximum atomic E-state index is 10.5. The zero-order valence-electron chi connectivity index (χ0n) is 12.5. The maximum absolute atomic E-state index is 10.5. The van der Waals surface area contributed by atoms with Crippen LogP contribution in [0.5, 0.6) is 5.75 Å². The average molecular weight is 299 g/mol. The molecule has 116 valence electrons. The molecule has 1 saturated carbocycles. The maximum Gasteiger partial charge on any atom is 0.151 e. The molecule has 2 N–H and O–H groups in total. The second-order valence-electron chi connectivity index (χ2n) is 5.65. The Morgan fingerprint density at radius 1 is 1.14 bits per heavy atom. The third-order valence-electron chi connectivity index (χ3n) is 4.36. The minimum Gasteiger partial charge on any atom is -0.453 e. The molecule has 1 aromatic carbocycles. The number of para-hydroxylation sites is 2. The van der Waals surface area contributed by atoms with Gasteiger partial charge in [0.15, 0.2) is 11.5 Å². The van der Waals surface area contributed by atoms with Crippen molar-refractivity contribution >= 4 is 5.69 Å². The van der Waals surface area contributed by atoms with Crippen LogP contribution in [0.2, 0.25) is 0 Å². The first-order valence-electron chi connectivity index (χ1n) is 7.58. The van der Waals surface area contributed by atoms with E-state index in [4.69, 9.17) is 4.74 Å². The fourth-order valence-corrected chi connectivity index (χ4v) is 3.28. The van der Waals surface area contributed by atoms with Crippen LogP contribution in [-0.4, -0.2) is 28.5 Å². The van der Waals surface area contributed by atoms with Gasteiger partial charge in [-0.2, -0.15) is 0 Å². The number of aliphatic hydroxyl groups is 2. The van der Waals surface area contributed by atoms with Gasteiger partial charge >= 0.3 is 0 Å². The molecule has 22 heavy (non-hydrogen) atoms. The Morgan fingerprint density at radius 2 is 1.91 bits per heavy atom. The summed E-state index contributed by atoms with van der Waals surface area (Å²) in [5, 5.41) is 20.5. The lowest BCUT2D eigenvalue weighted by Crippen LogP contribution is -2.52. The van der Waals surface area contributed by atoms with Crippen molar-refractivity contribution in [2.45, 2.75) is 37.5 Å². The van der Waals surface area contributed by atoms with E-state index in [-0.39, 0.29) is 6.04 Å². The lowest BCUT2D eigenvalue weighted by molar-refractivity contribution is -0.0214. The number of fused-ring (bicyclic) bond motifs is 1. The van der Waals surface area contributed by atoms with Gasteiger partial charge in [0.25, 0.3) is 0 Å². The smallest absolute Gasteiger partial charge is 0.151 e. The Kier molecular flexibility index (Phi) is 4.05. The monoisotopic (exact) mass is 299 g/mol. The SMILES string of the molecule is C=CC1=C(C=C)N(C2CCCC(O)C2O)c2ccccc2O1. The van der Waals surface area contributed by atoms with Crippen LogP contribution in [0.3, 0.4) is 0 Å². The quantitative estimate of drug-likeness (QED) is 0.901. The highest BCUT2D eigenvalue weighted by molar-refractivity contribution is 5.68. The highest BCUT2D eigenvalue weighted by Gasteiger charge is 2.38. The van der Waals surface area contributed by atoms with Gasteiger partial charge in [-0.05, 0) is 43.5 Å². The van der Waals surface area contributed by atoms with Crippen molar-refractivity contribution < 1.29 is 14.9 Å². The third kappa shape index (κ3) is 2.34. The van der Waals surface area contributed by atoms with Crippen molar-refractivity contribution in [3.8, 4) is 5.75 Å². The van der Waals surface area contributed by atoms with Gasteiger partial charge in [0.2, 0.25) is 0 Å². The Morgan fingerprint density at radius 3 is 2.64 bits per heavy atom. The van der Waals surface area contributed by atoms with Gasteiger partial charge in [0.1, 0.15) is 6.10 Å². The molecule has 2 aliphatic rings. The molecule has 0 saturated heterocycles. The first kappa shape index (κ1) is 14.9. The van der Waals surface area contributed by atoms with Crippen molar-refractivity contribution in [2.75, 3.05) is 4.90 Å². The van der Waals surface area contributed by atoms with Crippen LogP contribution >= 0.6 is 0 Å². The molecule has 3 atom stereocenters. The lowest BCUT2D eigenvalue weighted by Gasteiger charge is -2.44. The zero-order chi connectivity index (χ0) is 15.7. The van der Waals surface area contributed by atoms with Gasteiger partial charge in [0, 0.05) is 0 Å². The highest BCUT2D eigenvalue weighted by Crippen LogP contribution is 2.42. The summed E-state index contributed by atoms with van der Waals surface area (Å²) >= 11 is 0. The molecule has 1 fully saturated rings. The van der Waals surface area contributed by atoms with E-state index in [9.17, 15) is 10.2 Å². The van der Waals surface area contributed by atoms with Gasteiger partial charge in [-0.25, -0.2) is 0 Å². The molecule has 1 heterocycles. The van der Waals surface area contributed by atoms with Crippen LogP contribution in [0, 0.1) is 0 Å². The Hall–Kier alpha value is -2.04. The van der Waals surface area contributed by atoms with E-state index in [0.717, 1.165) is 30.0 Å². The number of rotatable bonds is 3. The van der Waals surface area contributed by atoms with Gasteiger partial charge in [-0.15, -0.1) is 0 Å².